The fourth-order valence-corrected chi connectivity index (χ4v) is 2.84. The monoisotopic (exact) mass is 285 g/mol. The molecule has 1 aromatic carbocycles. The molecule has 0 aliphatic rings. The number of fused-ring (bicyclic) bond motifs is 1. The van der Waals surface area contributed by atoms with E-state index in [2.05, 4.69) is 18.0 Å². The predicted octanol–water partition coefficient (Wildman–Crippen LogP) is 5.41. The highest BCUT2D eigenvalue weighted by Crippen LogP contribution is 2.25. The summed E-state index contributed by atoms with van der Waals surface area (Å²) in [7, 11) is 0. The quantitative estimate of drug-likeness (QED) is 0.625. The summed E-state index contributed by atoms with van der Waals surface area (Å²) in [6.45, 7) is 2.24. The summed E-state index contributed by atoms with van der Waals surface area (Å²) >= 11 is 0. The van der Waals surface area contributed by atoms with Gasteiger partial charge in [-0.2, -0.15) is 0 Å². The van der Waals surface area contributed by atoms with Crippen molar-refractivity contribution in [3.05, 3.63) is 42.2 Å². The Bertz CT molecular complexity index is 533. The van der Waals surface area contributed by atoms with Gasteiger partial charge in [0.2, 0.25) is 0 Å². The average molecular weight is 285 g/mol. The first-order valence-corrected chi connectivity index (χ1v) is 8.34. The van der Waals surface area contributed by atoms with E-state index in [0.717, 1.165) is 29.3 Å². The van der Waals surface area contributed by atoms with Crippen LogP contribution in [0.2, 0.25) is 0 Å². The molecule has 21 heavy (non-hydrogen) atoms. The topological polar surface area (TPSA) is 33.1 Å². The number of hydrogen-bond acceptors (Lipinski definition) is 2. The summed E-state index contributed by atoms with van der Waals surface area (Å²) in [4.78, 5) is 4.40. The van der Waals surface area contributed by atoms with Gasteiger partial charge in [0.1, 0.15) is 0 Å². The lowest BCUT2D eigenvalue weighted by atomic mass is 10.0. The first-order valence-electron chi connectivity index (χ1n) is 8.34. The Kier molecular flexibility index (Phi) is 6.68. The highest BCUT2D eigenvalue weighted by Gasteiger charge is 2.12. The minimum absolute atomic E-state index is 0.438. The Morgan fingerprint density at radius 2 is 1.67 bits per heavy atom. The van der Waals surface area contributed by atoms with Crippen molar-refractivity contribution in [3.8, 4) is 0 Å². The molecular formula is C19H27NO. The SMILES string of the molecule is CCCCCCCCCC(O)c1nccc2ccccc12. The zero-order chi connectivity index (χ0) is 14.9. The number of aliphatic hydroxyl groups excluding tert-OH is 1. The van der Waals surface area contributed by atoms with Gasteiger partial charge in [-0.15, -0.1) is 0 Å². The van der Waals surface area contributed by atoms with Crippen molar-refractivity contribution < 1.29 is 5.11 Å². The molecular weight excluding hydrogens is 258 g/mol. The molecule has 0 amide bonds. The van der Waals surface area contributed by atoms with E-state index in [1.54, 1.807) is 6.20 Å². The summed E-state index contributed by atoms with van der Waals surface area (Å²) in [5.41, 5.74) is 0.832. The van der Waals surface area contributed by atoms with E-state index in [9.17, 15) is 5.11 Å². The van der Waals surface area contributed by atoms with E-state index in [1.165, 1.54) is 38.5 Å². The maximum Gasteiger partial charge on any atom is 0.0966 e. The van der Waals surface area contributed by atoms with Crippen LogP contribution in [0.25, 0.3) is 10.8 Å². The maximum absolute atomic E-state index is 10.4. The van der Waals surface area contributed by atoms with Gasteiger partial charge < -0.3 is 5.11 Å². The van der Waals surface area contributed by atoms with Crippen LogP contribution in [0.5, 0.6) is 0 Å². The average Bonchev–Trinajstić information content (AvgIpc) is 2.53. The van der Waals surface area contributed by atoms with Gasteiger partial charge in [-0.1, -0.05) is 76.1 Å². The zero-order valence-electron chi connectivity index (χ0n) is 13.1. The van der Waals surface area contributed by atoms with E-state index < -0.39 is 6.10 Å². The molecule has 0 aliphatic carbocycles. The van der Waals surface area contributed by atoms with Crippen molar-refractivity contribution in [2.45, 2.75) is 64.4 Å². The van der Waals surface area contributed by atoms with Crippen molar-refractivity contribution in [3.63, 3.8) is 0 Å². The fourth-order valence-electron chi connectivity index (χ4n) is 2.84. The van der Waals surface area contributed by atoms with Crippen LogP contribution in [-0.4, -0.2) is 10.1 Å². The van der Waals surface area contributed by atoms with E-state index in [4.69, 9.17) is 0 Å². The van der Waals surface area contributed by atoms with Crippen LogP contribution in [0, 0.1) is 0 Å². The summed E-state index contributed by atoms with van der Waals surface area (Å²) in [6.07, 6.45) is 11.1. The Morgan fingerprint density at radius 1 is 0.952 bits per heavy atom. The van der Waals surface area contributed by atoms with Crippen LogP contribution < -0.4 is 0 Å². The number of pyridine rings is 1. The van der Waals surface area contributed by atoms with Crippen LogP contribution in [0.15, 0.2) is 36.5 Å². The molecule has 0 saturated heterocycles. The van der Waals surface area contributed by atoms with Crippen molar-refractivity contribution >= 4 is 10.8 Å². The van der Waals surface area contributed by atoms with Gasteiger partial charge in [0, 0.05) is 11.6 Å². The highest BCUT2D eigenvalue weighted by molar-refractivity contribution is 5.84. The van der Waals surface area contributed by atoms with Gasteiger partial charge in [-0.3, -0.25) is 4.98 Å². The lowest BCUT2D eigenvalue weighted by Crippen LogP contribution is -2.01. The van der Waals surface area contributed by atoms with Crippen LogP contribution in [0.1, 0.15) is 70.1 Å². The Balaban J connectivity index is 1.81. The molecule has 1 unspecified atom stereocenters. The second-order valence-electron chi connectivity index (χ2n) is 5.84. The van der Waals surface area contributed by atoms with Crippen molar-refractivity contribution in [2.75, 3.05) is 0 Å². The molecule has 114 valence electrons. The summed E-state index contributed by atoms with van der Waals surface area (Å²) in [5.74, 6) is 0. The molecule has 0 saturated carbocycles. The Hall–Kier alpha value is -1.41. The molecule has 1 heterocycles. The molecule has 0 aliphatic heterocycles. The van der Waals surface area contributed by atoms with E-state index in [-0.39, 0.29) is 0 Å². The largest absolute Gasteiger partial charge is 0.387 e. The normalized spacial score (nSPS) is 12.7. The molecule has 1 atom stereocenters. The van der Waals surface area contributed by atoms with E-state index in [0.29, 0.717) is 0 Å². The number of benzene rings is 1. The lowest BCUT2D eigenvalue weighted by molar-refractivity contribution is 0.160. The van der Waals surface area contributed by atoms with Crippen LogP contribution in [0.3, 0.4) is 0 Å². The highest BCUT2D eigenvalue weighted by atomic mass is 16.3. The van der Waals surface area contributed by atoms with Crippen molar-refractivity contribution in [1.82, 2.24) is 4.98 Å². The smallest absolute Gasteiger partial charge is 0.0966 e. The second-order valence-corrected chi connectivity index (χ2v) is 5.84. The van der Waals surface area contributed by atoms with Gasteiger partial charge in [0.15, 0.2) is 0 Å². The molecule has 2 nitrogen and oxygen atoms in total. The van der Waals surface area contributed by atoms with Crippen LogP contribution in [0.4, 0.5) is 0 Å². The third-order valence-electron chi connectivity index (χ3n) is 4.10. The van der Waals surface area contributed by atoms with Crippen molar-refractivity contribution in [2.24, 2.45) is 0 Å². The van der Waals surface area contributed by atoms with Gasteiger partial charge in [-0.25, -0.2) is 0 Å². The summed E-state index contributed by atoms with van der Waals surface area (Å²) in [6, 6.07) is 10.1. The molecule has 2 heteroatoms. The predicted molar refractivity (Wildman–Crippen MR) is 89.3 cm³/mol. The van der Waals surface area contributed by atoms with Crippen LogP contribution >= 0.6 is 0 Å². The Labute approximate surface area is 128 Å². The molecule has 0 bridgehead atoms. The number of aromatic nitrogens is 1. The zero-order valence-corrected chi connectivity index (χ0v) is 13.1. The first kappa shape index (κ1) is 16.0. The number of rotatable bonds is 9. The minimum atomic E-state index is -0.438. The summed E-state index contributed by atoms with van der Waals surface area (Å²) in [5, 5.41) is 12.6. The van der Waals surface area contributed by atoms with Crippen LogP contribution in [-0.2, 0) is 0 Å². The number of aliphatic hydroxyl groups is 1. The maximum atomic E-state index is 10.4. The molecule has 1 N–H and O–H groups in total. The third kappa shape index (κ3) is 4.82. The summed E-state index contributed by atoms with van der Waals surface area (Å²) < 4.78 is 0. The standard InChI is InChI=1S/C19H27NO/c1-2-3-4-5-6-7-8-13-18(21)19-17-12-10-9-11-16(17)14-15-20-19/h9-12,14-15,18,21H,2-8,13H2,1H3. The van der Waals surface area contributed by atoms with E-state index >= 15 is 0 Å². The third-order valence-corrected chi connectivity index (χ3v) is 4.10. The lowest BCUT2D eigenvalue weighted by Gasteiger charge is -2.12. The van der Waals surface area contributed by atoms with Crippen molar-refractivity contribution in [1.29, 1.82) is 0 Å². The number of nitrogens with zero attached hydrogens (tertiary/aromatic N) is 1. The first-order chi connectivity index (χ1) is 10.3. The van der Waals surface area contributed by atoms with E-state index in [1.807, 2.05) is 24.3 Å². The molecule has 0 radical (unpaired) electrons. The number of hydrogen-bond donors (Lipinski definition) is 1. The fraction of sp³-hybridized carbons (Fsp3) is 0.526. The molecule has 1 aromatic heterocycles. The van der Waals surface area contributed by atoms with Gasteiger partial charge in [0.05, 0.1) is 11.8 Å². The molecule has 2 aromatic rings. The molecule has 0 fully saturated rings. The minimum Gasteiger partial charge on any atom is -0.387 e. The van der Waals surface area contributed by atoms with Gasteiger partial charge >= 0.3 is 0 Å². The Morgan fingerprint density at radius 3 is 2.48 bits per heavy atom. The molecule has 0 spiro atoms. The second kappa shape index (κ2) is 8.78. The van der Waals surface area contributed by atoms with Gasteiger partial charge in [0.25, 0.3) is 0 Å². The molecule has 2 rings (SSSR count). The van der Waals surface area contributed by atoms with Gasteiger partial charge in [-0.05, 0) is 17.9 Å². The number of unbranched alkanes of at least 4 members (excludes halogenated alkanes) is 6.